The molecule has 0 aliphatic carbocycles. The fourth-order valence-corrected chi connectivity index (χ4v) is 4.51. The third kappa shape index (κ3) is 3.66. The van der Waals surface area contributed by atoms with Crippen molar-refractivity contribution in [1.29, 1.82) is 0 Å². The summed E-state index contributed by atoms with van der Waals surface area (Å²) in [5.74, 6) is -0.302. The smallest absolute Gasteiger partial charge is 0.337 e. The van der Waals surface area contributed by atoms with Gasteiger partial charge in [0, 0.05) is 38.8 Å². The molecule has 0 spiro atoms. The van der Waals surface area contributed by atoms with Crippen LogP contribution in [0, 0.1) is 0 Å². The molecule has 1 aromatic heterocycles. The maximum Gasteiger partial charge on any atom is 0.416 e. The predicted octanol–water partition coefficient (Wildman–Crippen LogP) is 3.79. The average Bonchev–Trinajstić information content (AvgIpc) is 3.27. The van der Waals surface area contributed by atoms with Crippen LogP contribution in [0.25, 0.3) is 0 Å². The van der Waals surface area contributed by atoms with Crippen LogP contribution in [0.1, 0.15) is 58.6 Å². The Kier molecular flexibility index (Phi) is 5.14. The molecule has 1 saturated heterocycles. The molecule has 1 fully saturated rings. The molecule has 1 amide bonds. The third-order valence-electron chi connectivity index (χ3n) is 6.17. The lowest BCUT2D eigenvalue weighted by Crippen LogP contribution is -2.39. The van der Waals surface area contributed by atoms with Crippen LogP contribution in [-0.2, 0) is 26.3 Å². The topological polar surface area (TPSA) is 41.4 Å². The van der Waals surface area contributed by atoms with E-state index in [1.807, 2.05) is 7.05 Å². The number of amides is 1. The van der Waals surface area contributed by atoms with Crippen LogP contribution in [0.4, 0.5) is 13.2 Å². The summed E-state index contributed by atoms with van der Waals surface area (Å²) in [6.07, 6.45) is -3.31. The van der Waals surface area contributed by atoms with E-state index < -0.39 is 11.7 Å². The molecule has 0 atom stereocenters. The minimum Gasteiger partial charge on any atom is -0.337 e. The molecule has 0 bridgehead atoms. The standard InChI is InChI=1S/C21H25F3N4O/c1-3-27-12-16-18(13-27)26(2)25-19(16)20(29)28-10-8-14(9-11-28)15-6-4-5-7-17(15)21(22,23)24/h4-7,14H,3,8-13H2,1-2H3. The summed E-state index contributed by atoms with van der Waals surface area (Å²) in [5.41, 5.74) is 2.33. The van der Waals surface area contributed by atoms with Crippen molar-refractivity contribution in [3.8, 4) is 0 Å². The maximum atomic E-state index is 13.3. The zero-order chi connectivity index (χ0) is 20.8. The Labute approximate surface area is 168 Å². The number of rotatable bonds is 3. The van der Waals surface area contributed by atoms with Crippen molar-refractivity contribution in [1.82, 2.24) is 19.6 Å². The summed E-state index contributed by atoms with van der Waals surface area (Å²) in [6.45, 7) is 5.39. The number of carbonyl (C=O) groups excluding carboxylic acids is 1. The summed E-state index contributed by atoms with van der Waals surface area (Å²) in [4.78, 5) is 17.1. The summed E-state index contributed by atoms with van der Waals surface area (Å²) >= 11 is 0. The van der Waals surface area contributed by atoms with Crippen LogP contribution in [0.3, 0.4) is 0 Å². The summed E-state index contributed by atoms with van der Waals surface area (Å²) in [7, 11) is 1.86. The third-order valence-corrected chi connectivity index (χ3v) is 6.17. The molecule has 4 rings (SSSR count). The number of benzene rings is 1. The van der Waals surface area contributed by atoms with Crippen LogP contribution in [0.5, 0.6) is 0 Å². The second kappa shape index (κ2) is 7.48. The summed E-state index contributed by atoms with van der Waals surface area (Å²) < 4.78 is 41.8. The van der Waals surface area contributed by atoms with E-state index >= 15 is 0 Å². The van der Waals surface area contributed by atoms with Crippen molar-refractivity contribution < 1.29 is 18.0 Å². The largest absolute Gasteiger partial charge is 0.416 e. The molecule has 5 nitrogen and oxygen atoms in total. The van der Waals surface area contributed by atoms with Crippen molar-refractivity contribution in [3.05, 3.63) is 52.3 Å². The highest BCUT2D eigenvalue weighted by molar-refractivity contribution is 5.94. The number of halogens is 3. The quantitative estimate of drug-likeness (QED) is 0.779. The minimum absolute atomic E-state index is 0.109. The van der Waals surface area contributed by atoms with Crippen molar-refractivity contribution in [3.63, 3.8) is 0 Å². The van der Waals surface area contributed by atoms with Crippen molar-refractivity contribution in [2.45, 2.75) is 44.9 Å². The lowest BCUT2D eigenvalue weighted by atomic mass is 9.86. The number of aryl methyl sites for hydroxylation is 1. The van der Waals surface area contributed by atoms with Crippen LogP contribution in [-0.4, -0.2) is 45.1 Å². The van der Waals surface area contributed by atoms with Crippen LogP contribution < -0.4 is 0 Å². The first-order valence-corrected chi connectivity index (χ1v) is 10.0. The fourth-order valence-electron chi connectivity index (χ4n) is 4.51. The SMILES string of the molecule is CCN1Cc2c(C(=O)N3CCC(c4ccccc4C(F)(F)F)CC3)nn(C)c2C1. The van der Waals surface area contributed by atoms with Gasteiger partial charge in [-0.05, 0) is 36.9 Å². The number of alkyl halides is 3. The van der Waals surface area contributed by atoms with Gasteiger partial charge in [-0.15, -0.1) is 0 Å². The number of nitrogens with zero attached hydrogens (tertiary/aromatic N) is 4. The Bertz CT molecular complexity index is 913. The van der Waals surface area contributed by atoms with Gasteiger partial charge in [-0.1, -0.05) is 25.1 Å². The molecule has 29 heavy (non-hydrogen) atoms. The summed E-state index contributed by atoms with van der Waals surface area (Å²) in [5, 5.41) is 4.45. The van der Waals surface area contributed by atoms with Crippen molar-refractivity contribution >= 4 is 5.91 Å². The van der Waals surface area contributed by atoms with E-state index in [0.717, 1.165) is 37.0 Å². The van der Waals surface area contributed by atoms with Gasteiger partial charge < -0.3 is 4.90 Å². The van der Waals surface area contributed by atoms with Gasteiger partial charge in [-0.3, -0.25) is 14.4 Å². The Morgan fingerprint density at radius 3 is 2.52 bits per heavy atom. The molecule has 0 unspecified atom stereocenters. The first kappa shape index (κ1) is 19.9. The molecule has 2 aliphatic heterocycles. The number of piperidine rings is 1. The normalized spacial score (nSPS) is 18.3. The number of fused-ring (bicyclic) bond motifs is 1. The van der Waals surface area contributed by atoms with E-state index in [1.165, 1.54) is 6.07 Å². The predicted molar refractivity (Wildman–Crippen MR) is 102 cm³/mol. The van der Waals surface area contributed by atoms with Crippen molar-refractivity contribution in [2.24, 2.45) is 7.05 Å². The van der Waals surface area contributed by atoms with Gasteiger partial charge in [0.05, 0.1) is 11.3 Å². The second-order valence-corrected chi connectivity index (χ2v) is 7.85. The molecular weight excluding hydrogens is 381 g/mol. The Morgan fingerprint density at radius 2 is 1.86 bits per heavy atom. The second-order valence-electron chi connectivity index (χ2n) is 7.85. The van der Waals surface area contributed by atoms with Gasteiger partial charge in [0.1, 0.15) is 0 Å². The molecule has 0 saturated carbocycles. The molecule has 2 aromatic rings. The van der Waals surface area contributed by atoms with Crippen molar-refractivity contribution in [2.75, 3.05) is 19.6 Å². The molecule has 0 radical (unpaired) electrons. The number of aromatic nitrogens is 2. The molecule has 8 heteroatoms. The van der Waals surface area contributed by atoms with Gasteiger partial charge >= 0.3 is 6.18 Å². The lowest BCUT2D eigenvalue weighted by Gasteiger charge is -2.33. The van der Waals surface area contributed by atoms with Gasteiger partial charge in [-0.25, -0.2) is 0 Å². The van der Waals surface area contributed by atoms with E-state index in [0.29, 0.717) is 37.2 Å². The van der Waals surface area contributed by atoms with Gasteiger partial charge in [-0.2, -0.15) is 18.3 Å². The van der Waals surface area contributed by atoms with E-state index in [2.05, 4.69) is 16.9 Å². The monoisotopic (exact) mass is 406 g/mol. The highest BCUT2D eigenvalue weighted by Crippen LogP contribution is 2.39. The zero-order valence-electron chi connectivity index (χ0n) is 16.7. The highest BCUT2D eigenvalue weighted by atomic mass is 19.4. The van der Waals surface area contributed by atoms with E-state index in [-0.39, 0.29) is 11.8 Å². The number of carbonyl (C=O) groups is 1. The van der Waals surface area contributed by atoms with Gasteiger partial charge in [0.2, 0.25) is 0 Å². The van der Waals surface area contributed by atoms with Crippen LogP contribution >= 0.6 is 0 Å². The average molecular weight is 406 g/mol. The molecule has 0 N–H and O–H groups in total. The summed E-state index contributed by atoms with van der Waals surface area (Å²) in [6, 6.07) is 5.78. The van der Waals surface area contributed by atoms with E-state index in [9.17, 15) is 18.0 Å². The number of likely N-dealkylation sites (tertiary alicyclic amines) is 1. The molecular formula is C21H25F3N4O. The van der Waals surface area contributed by atoms with E-state index in [4.69, 9.17) is 0 Å². The molecule has 1 aromatic carbocycles. The first-order chi connectivity index (χ1) is 13.8. The fraction of sp³-hybridized carbons (Fsp3) is 0.524. The Morgan fingerprint density at radius 1 is 1.17 bits per heavy atom. The maximum absolute atomic E-state index is 13.3. The Hall–Kier alpha value is -2.35. The molecule has 156 valence electrons. The first-order valence-electron chi connectivity index (χ1n) is 10.0. The van der Waals surface area contributed by atoms with Crippen LogP contribution in [0.2, 0.25) is 0 Å². The van der Waals surface area contributed by atoms with Gasteiger partial charge in [0.15, 0.2) is 5.69 Å². The highest BCUT2D eigenvalue weighted by Gasteiger charge is 2.37. The number of hydrogen-bond donors (Lipinski definition) is 0. The number of hydrogen-bond acceptors (Lipinski definition) is 3. The lowest BCUT2D eigenvalue weighted by molar-refractivity contribution is -0.138. The minimum atomic E-state index is -4.36. The van der Waals surface area contributed by atoms with Crippen LogP contribution in [0.15, 0.2) is 24.3 Å². The molecule has 2 aliphatic rings. The molecule has 3 heterocycles. The zero-order valence-corrected chi connectivity index (χ0v) is 16.7. The van der Waals surface area contributed by atoms with Gasteiger partial charge in [0.25, 0.3) is 5.91 Å². The Balaban J connectivity index is 1.48. The van der Waals surface area contributed by atoms with E-state index in [1.54, 1.807) is 21.7 Å².